The van der Waals surface area contributed by atoms with E-state index in [1.54, 1.807) is 6.20 Å². The highest BCUT2D eigenvalue weighted by atomic mass is 19.1. The van der Waals surface area contributed by atoms with Crippen molar-refractivity contribution in [3.63, 3.8) is 0 Å². The number of benzene rings is 1. The highest BCUT2D eigenvalue weighted by Gasteiger charge is 2.18. The Labute approximate surface area is 122 Å². The van der Waals surface area contributed by atoms with Crippen molar-refractivity contribution < 1.29 is 8.81 Å². The van der Waals surface area contributed by atoms with E-state index >= 15 is 0 Å². The molecule has 3 rings (SSSR count). The van der Waals surface area contributed by atoms with Gasteiger partial charge in [0, 0.05) is 11.6 Å². The predicted octanol–water partition coefficient (Wildman–Crippen LogP) is 4.06. The fourth-order valence-electron chi connectivity index (χ4n) is 2.40. The van der Waals surface area contributed by atoms with Crippen LogP contribution in [0, 0.1) is 5.82 Å². The molecule has 4 heteroatoms. The van der Waals surface area contributed by atoms with E-state index in [4.69, 9.17) is 4.42 Å². The summed E-state index contributed by atoms with van der Waals surface area (Å²) in [4.78, 5) is 3.94. The summed E-state index contributed by atoms with van der Waals surface area (Å²) in [6.07, 6.45) is 3.86. The zero-order valence-electron chi connectivity index (χ0n) is 11.8. The molecule has 1 N–H and O–H groups in total. The van der Waals surface area contributed by atoms with Gasteiger partial charge in [-0.2, -0.15) is 0 Å². The van der Waals surface area contributed by atoms with Crippen LogP contribution in [0.4, 0.5) is 4.39 Å². The van der Waals surface area contributed by atoms with Crippen LogP contribution in [0.2, 0.25) is 0 Å². The minimum Gasteiger partial charge on any atom is -0.459 e. The van der Waals surface area contributed by atoms with E-state index in [1.807, 2.05) is 30.3 Å². The second-order valence-corrected chi connectivity index (χ2v) is 5.01. The van der Waals surface area contributed by atoms with Crippen LogP contribution in [-0.2, 0) is 0 Å². The van der Waals surface area contributed by atoms with Crippen molar-refractivity contribution >= 4 is 11.0 Å². The number of fused-ring (bicyclic) bond motifs is 1. The van der Waals surface area contributed by atoms with Crippen LogP contribution in [0.15, 0.2) is 53.2 Å². The van der Waals surface area contributed by atoms with Gasteiger partial charge in [-0.1, -0.05) is 25.1 Å². The quantitative estimate of drug-likeness (QED) is 0.768. The summed E-state index contributed by atoms with van der Waals surface area (Å²) in [5.41, 5.74) is 1.60. The molecular weight excluding hydrogens is 267 g/mol. The molecule has 0 spiro atoms. The van der Waals surface area contributed by atoms with Gasteiger partial charge in [0.05, 0.1) is 12.2 Å². The number of furan rings is 1. The van der Waals surface area contributed by atoms with Gasteiger partial charge in [0.25, 0.3) is 0 Å². The zero-order valence-corrected chi connectivity index (χ0v) is 11.8. The van der Waals surface area contributed by atoms with Gasteiger partial charge in [0.1, 0.15) is 17.2 Å². The first-order valence-corrected chi connectivity index (χ1v) is 7.10. The molecule has 0 saturated carbocycles. The first-order chi connectivity index (χ1) is 10.3. The summed E-state index contributed by atoms with van der Waals surface area (Å²) in [5.74, 6) is 0.434. The first-order valence-electron chi connectivity index (χ1n) is 7.10. The maximum absolute atomic E-state index is 13.4. The van der Waals surface area contributed by atoms with Crippen LogP contribution in [-0.4, -0.2) is 11.5 Å². The number of halogens is 1. The molecule has 0 aliphatic rings. The number of nitrogens with zero attached hydrogens (tertiary/aromatic N) is 1. The van der Waals surface area contributed by atoms with Crippen molar-refractivity contribution in [2.75, 3.05) is 6.54 Å². The fraction of sp³-hybridized carbons (Fsp3) is 0.235. The fourth-order valence-corrected chi connectivity index (χ4v) is 2.40. The van der Waals surface area contributed by atoms with E-state index in [2.05, 4.69) is 17.2 Å². The number of para-hydroxylation sites is 1. The van der Waals surface area contributed by atoms with Gasteiger partial charge in [-0.3, -0.25) is 4.98 Å². The maximum Gasteiger partial charge on any atom is 0.141 e. The van der Waals surface area contributed by atoms with Crippen molar-refractivity contribution in [1.82, 2.24) is 10.3 Å². The Morgan fingerprint density at radius 1 is 1.24 bits per heavy atom. The average Bonchev–Trinajstić information content (AvgIpc) is 2.91. The molecule has 0 aliphatic carbocycles. The lowest BCUT2D eigenvalue weighted by atomic mass is 10.1. The molecule has 2 aromatic heterocycles. The average molecular weight is 284 g/mol. The molecule has 3 aromatic rings. The Hall–Kier alpha value is -2.20. The highest BCUT2D eigenvalue weighted by Crippen LogP contribution is 2.28. The smallest absolute Gasteiger partial charge is 0.141 e. The molecule has 1 atom stereocenters. The molecule has 3 nitrogen and oxygen atoms in total. The van der Waals surface area contributed by atoms with E-state index in [1.165, 1.54) is 12.3 Å². The first kappa shape index (κ1) is 13.8. The lowest BCUT2D eigenvalue weighted by molar-refractivity contribution is 0.467. The Bertz CT molecular complexity index is 705. The summed E-state index contributed by atoms with van der Waals surface area (Å²) >= 11 is 0. The SMILES string of the molecule is CCCNC(c1cncc(F)c1)c1cc2ccccc2o1. The van der Waals surface area contributed by atoms with Crippen molar-refractivity contribution in [2.45, 2.75) is 19.4 Å². The second-order valence-electron chi connectivity index (χ2n) is 5.01. The molecule has 0 aliphatic heterocycles. The Morgan fingerprint density at radius 3 is 2.86 bits per heavy atom. The second kappa shape index (κ2) is 6.06. The number of hydrogen-bond acceptors (Lipinski definition) is 3. The van der Waals surface area contributed by atoms with Crippen molar-refractivity contribution in [1.29, 1.82) is 0 Å². The Balaban J connectivity index is 2.02. The maximum atomic E-state index is 13.4. The third-order valence-corrected chi connectivity index (χ3v) is 3.39. The highest BCUT2D eigenvalue weighted by molar-refractivity contribution is 5.77. The lowest BCUT2D eigenvalue weighted by Gasteiger charge is -2.16. The Kier molecular flexibility index (Phi) is 3.97. The van der Waals surface area contributed by atoms with E-state index in [9.17, 15) is 4.39 Å². The molecular formula is C17H17FN2O. The van der Waals surface area contributed by atoms with Gasteiger partial charge in [0.15, 0.2) is 0 Å². The van der Waals surface area contributed by atoms with Crippen LogP contribution in [0.3, 0.4) is 0 Å². The number of aromatic nitrogens is 1. The van der Waals surface area contributed by atoms with E-state index < -0.39 is 0 Å². The lowest BCUT2D eigenvalue weighted by Crippen LogP contribution is -2.23. The van der Waals surface area contributed by atoms with Gasteiger partial charge in [-0.05, 0) is 36.7 Å². The molecule has 0 bridgehead atoms. The van der Waals surface area contributed by atoms with Crippen LogP contribution < -0.4 is 5.32 Å². The molecule has 21 heavy (non-hydrogen) atoms. The minimum absolute atomic E-state index is 0.194. The summed E-state index contributed by atoms with van der Waals surface area (Å²) in [6, 6.07) is 11.1. The third kappa shape index (κ3) is 2.95. The largest absolute Gasteiger partial charge is 0.459 e. The normalized spacial score (nSPS) is 12.7. The molecule has 0 amide bonds. The van der Waals surface area contributed by atoms with Gasteiger partial charge < -0.3 is 9.73 Å². The van der Waals surface area contributed by atoms with Crippen molar-refractivity contribution in [3.05, 3.63) is 65.9 Å². The zero-order chi connectivity index (χ0) is 14.7. The van der Waals surface area contributed by atoms with E-state index in [0.29, 0.717) is 0 Å². The van der Waals surface area contributed by atoms with Crippen LogP contribution >= 0.6 is 0 Å². The third-order valence-electron chi connectivity index (χ3n) is 3.39. The molecule has 1 unspecified atom stereocenters. The molecule has 2 heterocycles. The van der Waals surface area contributed by atoms with Crippen LogP contribution in [0.1, 0.15) is 30.7 Å². The standard InChI is InChI=1S/C17H17FN2O/c1-2-7-20-17(13-8-14(18)11-19-10-13)16-9-12-5-3-4-6-15(12)21-16/h3-6,8-11,17,20H,2,7H2,1H3. The monoisotopic (exact) mass is 284 g/mol. The molecule has 1 aromatic carbocycles. The number of hydrogen-bond donors (Lipinski definition) is 1. The predicted molar refractivity (Wildman–Crippen MR) is 80.5 cm³/mol. The summed E-state index contributed by atoms with van der Waals surface area (Å²) in [6.45, 7) is 2.91. The Morgan fingerprint density at radius 2 is 2.10 bits per heavy atom. The van der Waals surface area contributed by atoms with E-state index in [0.717, 1.165) is 35.3 Å². The van der Waals surface area contributed by atoms with Gasteiger partial charge in [0.2, 0.25) is 0 Å². The van der Waals surface area contributed by atoms with Gasteiger partial charge in [-0.15, -0.1) is 0 Å². The number of nitrogens with one attached hydrogen (secondary N) is 1. The molecule has 0 saturated heterocycles. The number of rotatable bonds is 5. The topological polar surface area (TPSA) is 38.1 Å². The molecule has 0 fully saturated rings. The van der Waals surface area contributed by atoms with Crippen LogP contribution in [0.5, 0.6) is 0 Å². The van der Waals surface area contributed by atoms with Crippen molar-refractivity contribution in [2.24, 2.45) is 0 Å². The van der Waals surface area contributed by atoms with Crippen LogP contribution in [0.25, 0.3) is 11.0 Å². The van der Waals surface area contributed by atoms with Gasteiger partial charge in [-0.25, -0.2) is 4.39 Å². The summed E-state index contributed by atoms with van der Waals surface area (Å²) in [5, 5.41) is 4.43. The molecule has 108 valence electrons. The van der Waals surface area contributed by atoms with Crippen molar-refractivity contribution in [3.8, 4) is 0 Å². The van der Waals surface area contributed by atoms with E-state index in [-0.39, 0.29) is 11.9 Å². The number of pyridine rings is 1. The summed E-state index contributed by atoms with van der Waals surface area (Å²) in [7, 11) is 0. The minimum atomic E-state index is -0.341. The van der Waals surface area contributed by atoms with Gasteiger partial charge >= 0.3 is 0 Å². The molecule has 0 radical (unpaired) electrons. The summed E-state index contributed by atoms with van der Waals surface area (Å²) < 4.78 is 19.4.